The van der Waals surface area contributed by atoms with Crippen LogP contribution in [0.15, 0.2) is 65.1 Å². The highest BCUT2D eigenvalue weighted by atomic mass is 16.5. The van der Waals surface area contributed by atoms with Crippen LogP contribution in [0.2, 0.25) is 0 Å². The number of fused-ring (bicyclic) bond motifs is 1. The average Bonchev–Trinajstić information content (AvgIpc) is 3.62. The van der Waals surface area contributed by atoms with Gasteiger partial charge in [0.2, 0.25) is 5.91 Å². The molecule has 200 valence electrons. The van der Waals surface area contributed by atoms with Crippen molar-refractivity contribution in [1.82, 2.24) is 10.2 Å². The fraction of sp³-hybridized carbons (Fsp3) is 0.419. The molecule has 2 atom stereocenters. The van der Waals surface area contributed by atoms with Crippen molar-refractivity contribution in [1.29, 1.82) is 0 Å². The molecule has 1 N–H and O–H groups in total. The highest BCUT2D eigenvalue weighted by Crippen LogP contribution is 2.39. The van der Waals surface area contributed by atoms with Crippen LogP contribution in [0.1, 0.15) is 72.7 Å². The smallest absolute Gasteiger partial charge is 0.287 e. The van der Waals surface area contributed by atoms with Crippen molar-refractivity contribution < 1.29 is 23.5 Å². The Morgan fingerprint density at radius 2 is 1.89 bits per heavy atom. The van der Waals surface area contributed by atoms with Gasteiger partial charge in [-0.2, -0.15) is 0 Å². The summed E-state index contributed by atoms with van der Waals surface area (Å²) >= 11 is 0. The van der Waals surface area contributed by atoms with Crippen LogP contribution in [0.4, 0.5) is 0 Å². The second-order valence-corrected chi connectivity index (χ2v) is 11.1. The number of amides is 2. The summed E-state index contributed by atoms with van der Waals surface area (Å²) in [5.74, 6) is 1.39. The Balaban J connectivity index is 1.30. The van der Waals surface area contributed by atoms with Crippen LogP contribution in [0.3, 0.4) is 0 Å². The number of ether oxygens (including phenoxy) is 2. The number of hydrogen-bond donors (Lipinski definition) is 1. The molecule has 2 aliphatic heterocycles. The molecule has 1 aromatic heterocycles. The van der Waals surface area contributed by atoms with Crippen LogP contribution in [-0.4, -0.2) is 42.5 Å². The van der Waals surface area contributed by atoms with E-state index in [0.717, 1.165) is 37.0 Å². The summed E-state index contributed by atoms with van der Waals surface area (Å²) in [5, 5.41) is 2.88. The second-order valence-electron chi connectivity index (χ2n) is 11.1. The Kier molecular flexibility index (Phi) is 7.56. The van der Waals surface area contributed by atoms with Crippen LogP contribution < -0.4 is 10.1 Å². The van der Waals surface area contributed by atoms with Gasteiger partial charge in [0.05, 0.1) is 12.1 Å². The number of carbonyl (C=O) groups excluding carboxylic acids is 2. The van der Waals surface area contributed by atoms with E-state index in [1.807, 2.05) is 56.0 Å². The van der Waals surface area contributed by atoms with Gasteiger partial charge in [-0.15, -0.1) is 0 Å². The van der Waals surface area contributed by atoms with E-state index >= 15 is 0 Å². The lowest BCUT2D eigenvalue weighted by Gasteiger charge is -2.41. The maximum absolute atomic E-state index is 13.4. The molecule has 0 radical (unpaired) electrons. The minimum Gasteiger partial charge on any atom is -0.486 e. The van der Waals surface area contributed by atoms with Crippen LogP contribution in [-0.2, 0) is 22.6 Å². The lowest BCUT2D eigenvalue weighted by Crippen LogP contribution is -2.45. The summed E-state index contributed by atoms with van der Waals surface area (Å²) in [6, 6.07) is 19.5. The van der Waals surface area contributed by atoms with Crippen molar-refractivity contribution in [3.05, 3.63) is 88.9 Å². The van der Waals surface area contributed by atoms with Gasteiger partial charge in [0, 0.05) is 25.1 Å². The van der Waals surface area contributed by atoms with Crippen molar-refractivity contribution in [2.24, 2.45) is 5.41 Å². The third-order valence-corrected chi connectivity index (χ3v) is 7.14. The zero-order valence-electron chi connectivity index (χ0n) is 22.4. The van der Waals surface area contributed by atoms with Crippen LogP contribution >= 0.6 is 0 Å². The Labute approximate surface area is 224 Å². The first-order valence-electron chi connectivity index (χ1n) is 13.4. The molecule has 3 heterocycles. The van der Waals surface area contributed by atoms with Crippen LogP contribution in [0, 0.1) is 5.41 Å². The summed E-state index contributed by atoms with van der Waals surface area (Å²) in [4.78, 5) is 27.9. The monoisotopic (exact) mass is 516 g/mol. The standard InChI is InChI=1S/C31H36N2O5/c1-31(2,3)30(35)33-16-15-21-11-12-23(18-26(21)28(33)22-8-5-4-6-9-22)37-20-25-13-14-27(38-25)29(34)32-19-24-10-7-17-36-24/h4-6,8-9,11-14,18,24,28H,7,10,15-17,19-20H2,1-3H3,(H,32,34). The number of nitrogens with one attached hydrogen (secondary N) is 1. The minimum atomic E-state index is -0.480. The molecule has 2 aromatic carbocycles. The van der Waals surface area contributed by atoms with Gasteiger partial charge in [0.1, 0.15) is 18.1 Å². The van der Waals surface area contributed by atoms with Crippen molar-refractivity contribution in [2.45, 2.75) is 58.8 Å². The summed E-state index contributed by atoms with van der Waals surface area (Å²) in [6.07, 6.45) is 2.87. The number of carbonyl (C=O) groups is 2. The van der Waals surface area contributed by atoms with Gasteiger partial charge in [0.25, 0.3) is 5.91 Å². The van der Waals surface area contributed by atoms with Gasteiger partial charge in [-0.3, -0.25) is 9.59 Å². The van der Waals surface area contributed by atoms with Gasteiger partial charge < -0.3 is 24.1 Å². The van der Waals surface area contributed by atoms with Crippen molar-refractivity contribution in [3.63, 3.8) is 0 Å². The van der Waals surface area contributed by atoms with Gasteiger partial charge in [-0.25, -0.2) is 0 Å². The Morgan fingerprint density at radius 3 is 2.63 bits per heavy atom. The first kappa shape index (κ1) is 26.0. The summed E-state index contributed by atoms with van der Waals surface area (Å²) in [7, 11) is 0. The third-order valence-electron chi connectivity index (χ3n) is 7.14. The average molecular weight is 517 g/mol. The normalized spacial score (nSPS) is 19.2. The predicted octanol–water partition coefficient (Wildman–Crippen LogP) is 5.29. The van der Waals surface area contributed by atoms with Gasteiger partial charge in [-0.05, 0) is 60.2 Å². The molecule has 7 nitrogen and oxygen atoms in total. The molecule has 2 amide bonds. The molecule has 5 rings (SSSR count). The fourth-order valence-electron chi connectivity index (χ4n) is 5.16. The molecular formula is C31H36N2O5. The maximum atomic E-state index is 13.4. The number of rotatable bonds is 7. The topological polar surface area (TPSA) is 81.0 Å². The lowest BCUT2D eigenvalue weighted by molar-refractivity contribution is -0.141. The Bertz CT molecular complexity index is 1270. The van der Waals surface area contributed by atoms with E-state index in [2.05, 4.69) is 23.5 Å². The number of furan rings is 1. The molecule has 0 bridgehead atoms. The van der Waals surface area contributed by atoms with E-state index in [4.69, 9.17) is 13.9 Å². The maximum Gasteiger partial charge on any atom is 0.287 e. The third kappa shape index (κ3) is 5.78. The van der Waals surface area contributed by atoms with Crippen molar-refractivity contribution in [2.75, 3.05) is 19.7 Å². The number of hydrogen-bond acceptors (Lipinski definition) is 5. The largest absolute Gasteiger partial charge is 0.486 e. The van der Waals surface area contributed by atoms with E-state index in [-0.39, 0.29) is 36.3 Å². The van der Waals surface area contributed by atoms with Crippen LogP contribution in [0.5, 0.6) is 5.75 Å². The summed E-state index contributed by atoms with van der Waals surface area (Å²) in [5.41, 5.74) is 2.89. The molecule has 0 aliphatic carbocycles. The SMILES string of the molecule is CC(C)(C)C(=O)N1CCc2ccc(OCc3ccc(C(=O)NCC4CCCO4)o3)cc2C1c1ccccc1. The summed E-state index contributed by atoms with van der Waals surface area (Å²) in [6.45, 7) is 8.00. The zero-order chi connectivity index (χ0) is 26.7. The molecular weight excluding hydrogens is 480 g/mol. The van der Waals surface area contributed by atoms with Gasteiger partial charge in [0.15, 0.2) is 5.76 Å². The lowest BCUT2D eigenvalue weighted by atomic mass is 9.85. The molecule has 2 unspecified atom stereocenters. The molecule has 7 heteroatoms. The highest BCUT2D eigenvalue weighted by molar-refractivity contribution is 5.91. The van der Waals surface area contributed by atoms with Crippen LogP contribution in [0.25, 0.3) is 0 Å². The Morgan fingerprint density at radius 1 is 1.08 bits per heavy atom. The first-order chi connectivity index (χ1) is 18.3. The first-order valence-corrected chi connectivity index (χ1v) is 13.4. The van der Waals surface area contributed by atoms with Crippen molar-refractivity contribution in [3.8, 4) is 5.75 Å². The minimum absolute atomic E-state index is 0.0788. The van der Waals surface area contributed by atoms with E-state index in [1.165, 1.54) is 5.56 Å². The molecule has 38 heavy (non-hydrogen) atoms. The molecule has 1 saturated heterocycles. The molecule has 0 spiro atoms. The zero-order valence-corrected chi connectivity index (χ0v) is 22.4. The number of benzene rings is 2. The second kappa shape index (κ2) is 11.0. The van der Waals surface area contributed by atoms with E-state index in [9.17, 15) is 9.59 Å². The molecule has 0 saturated carbocycles. The fourth-order valence-corrected chi connectivity index (χ4v) is 5.16. The van der Waals surface area contributed by atoms with Gasteiger partial charge in [-0.1, -0.05) is 57.2 Å². The Hall–Kier alpha value is -3.58. The molecule has 3 aromatic rings. The van der Waals surface area contributed by atoms with Gasteiger partial charge >= 0.3 is 0 Å². The quantitative estimate of drug-likeness (QED) is 0.462. The van der Waals surface area contributed by atoms with E-state index in [1.54, 1.807) is 12.1 Å². The number of nitrogens with zero attached hydrogens (tertiary/aromatic N) is 1. The van der Waals surface area contributed by atoms with E-state index in [0.29, 0.717) is 24.6 Å². The van der Waals surface area contributed by atoms with Crippen molar-refractivity contribution >= 4 is 11.8 Å². The summed E-state index contributed by atoms with van der Waals surface area (Å²) < 4.78 is 17.4. The predicted molar refractivity (Wildman–Crippen MR) is 144 cm³/mol. The van der Waals surface area contributed by atoms with E-state index < -0.39 is 5.41 Å². The molecule has 2 aliphatic rings. The highest BCUT2D eigenvalue weighted by Gasteiger charge is 2.37. The molecule has 1 fully saturated rings.